The number of thiazole rings is 1. The van der Waals surface area contributed by atoms with Gasteiger partial charge in [-0.05, 0) is 31.0 Å². The third-order valence-electron chi connectivity index (χ3n) is 4.17. The molecule has 0 saturated heterocycles. The highest BCUT2D eigenvalue weighted by molar-refractivity contribution is 7.22. The highest BCUT2D eigenvalue weighted by atomic mass is 32.1. The van der Waals surface area contributed by atoms with Gasteiger partial charge >= 0.3 is 0 Å². The minimum Gasteiger partial charge on any atom is -0.443 e. The molecule has 0 radical (unpaired) electrons. The van der Waals surface area contributed by atoms with Crippen molar-refractivity contribution in [1.29, 1.82) is 0 Å². The number of anilines is 1. The lowest BCUT2D eigenvalue weighted by molar-refractivity contribution is 0.572. The molecule has 2 aromatic carbocycles. The molecule has 24 heavy (non-hydrogen) atoms. The number of oxazole rings is 1. The molecule has 118 valence electrons. The summed E-state index contributed by atoms with van der Waals surface area (Å²) in [7, 11) is 0. The normalized spacial score (nSPS) is 14.2. The van der Waals surface area contributed by atoms with Gasteiger partial charge in [-0.1, -0.05) is 41.7 Å². The van der Waals surface area contributed by atoms with Crippen molar-refractivity contribution in [2.75, 3.05) is 5.32 Å². The lowest BCUT2D eigenvalue weighted by Crippen LogP contribution is -1.99. The quantitative estimate of drug-likeness (QED) is 0.558. The predicted octanol–water partition coefficient (Wildman–Crippen LogP) is 5.19. The molecule has 0 atom stereocenters. The van der Waals surface area contributed by atoms with Crippen LogP contribution in [-0.4, -0.2) is 16.0 Å². The fourth-order valence-electron chi connectivity index (χ4n) is 2.78. The van der Waals surface area contributed by atoms with Gasteiger partial charge in [-0.25, -0.2) is 9.97 Å². The maximum absolute atomic E-state index is 5.69. The number of nitrogens with zero attached hydrogens (tertiary/aromatic N) is 2. The average molecular weight is 333 g/mol. The lowest BCUT2D eigenvalue weighted by Gasteiger charge is -2.01. The topological polar surface area (TPSA) is 51.0 Å². The Bertz CT molecular complexity index is 1000. The molecule has 2 heterocycles. The van der Waals surface area contributed by atoms with E-state index in [0.29, 0.717) is 6.04 Å². The van der Waals surface area contributed by atoms with Gasteiger partial charge in [-0.15, -0.1) is 0 Å². The Kier molecular flexibility index (Phi) is 3.13. The molecule has 5 heteroatoms. The first-order valence-corrected chi connectivity index (χ1v) is 8.85. The Morgan fingerprint density at radius 2 is 1.92 bits per heavy atom. The molecule has 1 aliphatic carbocycles. The summed E-state index contributed by atoms with van der Waals surface area (Å²) in [6, 6.07) is 17.0. The van der Waals surface area contributed by atoms with E-state index in [4.69, 9.17) is 4.42 Å². The summed E-state index contributed by atoms with van der Waals surface area (Å²) in [4.78, 5) is 9.06. The summed E-state index contributed by atoms with van der Waals surface area (Å²) < 4.78 is 6.85. The van der Waals surface area contributed by atoms with Gasteiger partial charge in [-0.3, -0.25) is 0 Å². The Hall–Kier alpha value is -2.66. The van der Waals surface area contributed by atoms with Crippen LogP contribution < -0.4 is 5.32 Å². The van der Waals surface area contributed by atoms with E-state index in [2.05, 4.69) is 33.5 Å². The number of aromatic nitrogens is 2. The van der Waals surface area contributed by atoms with E-state index in [1.165, 1.54) is 19.2 Å². The number of nitrogens with one attached hydrogen (secondary N) is 1. The van der Waals surface area contributed by atoms with Crippen molar-refractivity contribution in [1.82, 2.24) is 9.97 Å². The van der Waals surface area contributed by atoms with Crippen molar-refractivity contribution in [2.24, 2.45) is 0 Å². The number of rotatable bonds is 4. The molecule has 0 bridgehead atoms. The van der Waals surface area contributed by atoms with Crippen LogP contribution >= 0.6 is 11.3 Å². The molecule has 2 aromatic heterocycles. The van der Waals surface area contributed by atoms with Crippen LogP contribution in [0, 0.1) is 0 Å². The summed E-state index contributed by atoms with van der Waals surface area (Å²) in [5, 5.41) is 4.47. The van der Waals surface area contributed by atoms with Crippen molar-refractivity contribution in [3.05, 3.63) is 54.9 Å². The van der Waals surface area contributed by atoms with E-state index < -0.39 is 0 Å². The second kappa shape index (κ2) is 5.46. The SMILES string of the molecule is c1ccc(-c2ncoc2-c2ccc3nc(NC4CC4)sc3c2)cc1. The number of benzene rings is 2. The molecule has 1 fully saturated rings. The summed E-state index contributed by atoms with van der Waals surface area (Å²) in [6.07, 6.45) is 4.01. The van der Waals surface area contributed by atoms with Crippen LogP contribution in [0.4, 0.5) is 5.13 Å². The molecule has 1 saturated carbocycles. The second-order valence-electron chi connectivity index (χ2n) is 6.02. The molecular formula is C19H15N3OS. The van der Waals surface area contributed by atoms with Crippen LogP contribution in [0.3, 0.4) is 0 Å². The van der Waals surface area contributed by atoms with Crippen LogP contribution in [-0.2, 0) is 0 Å². The van der Waals surface area contributed by atoms with Gasteiger partial charge in [0.05, 0.1) is 10.2 Å². The van der Waals surface area contributed by atoms with Crippen LogP contribution in [0.15, 0.2) is 59.3 Å². The molecule has 1 N–H and O–H groups in total. The molecule has 1 aliphatic rings. The molecule has 4 aromatic rings. The molecule has 5 rings (SSSR count). The van der Waals surface area contributed by atoms with E-state index in [1.807, 2.05) is 30.3 Å². The van der Waals surface area contributed by atoms with Crippen LogP contribution in [0.1, 0.15) is 12.8 Å². The molecule has 0 spiro atoms. The van der Waals surface area contributed by atoms with Gasteiger partial charge in [0.15, 0.2) is 17.3 Å². The van der Waals surface area contributed by atoms with E-state index >= 15 is 0 Å². The average Bonchev–Trinajstić information content (AvgIpc) is 3.14. The molecule has 0 unspecified atom stereocenters. The van der Waals surface area contributed by atoms with Gasteiger partial charge < -0.3 is 9.73 Å². The van der Waals surface area contributed by atoms with Gasteiger partial charge in [0, 0.05) is 17.2 Å². The third-order valence-corrected chi connectivity index (χ3v) is 5.12. The Morgan fingerprint density at radius 1 is 1.04 bits per heavy atom. The molecule has 0 amide bonds. The minimum absolute atomic E-state index is 0.615. The monoisotopic (exact) mass is 333 g/mol. The van der Waals surface area contributed by atoms with Crippen LogP contribution in [0.2, 0.25) is 0 Å². The third kappa shape index (κ3) is 2.47. The summed E-state index contributed by atoms with van der Waals surface area (Å²) >= 11 is 1.69. The molecule has 0 aliphatic heterocycles. The first-order chi connectivity index (χ1) is 11.9. The van der Waals surface area contributed by atoms with Gasteiger partial charge in [0.1, 0.15) is 5.69 Å². The zero-order valence-corrected chi connectivity index (χ0v) is 13.7. The van der Waals surface area contributed by atoms with E-state index in [0.717, 1.165) is 37.9 Å². The first-order valence-electron chi connectivity index (χ1n) is 8.03. The highest BCUT2D eigenvalue weighted by Crippen LogP contribution is 2.36. The molecule has 4 nitrogen and oxygen atoms in total. The predicted molar refractivity (Wildman–Crippen MR) is 97.2 cm³/mol. The van der Waals surface area contributed by atoms with Crippen molar-refractivity contribution in [3.63, 3.8) is 0 Å². The maximum Gasteiger partial charge on any atom is 0.184 e. The largest absolute Gasteiger partial charge is 0.443 e. The smallest absolute Gasteiger partial charge is 0.184 e. The van der Waals surface area contributed by atoms with E-state index in [1.54, 1.807) is 11.3 Å². The van der Waals surface area contributed by atoms with E-state index in [-0.39, 0.29) is 0 Å². The van der Waals surface area contributed by atoms with Crippen molar-refractivity contribution < 1.29 is 4.42 Å². The summed E-state index contributed by atoms with van der Waals surface area (Å²) in [6.45, 7) is 0. The number of hydrogen-bond acceptors (Lipinski definition) is 5. The minimum atomic E-state index is 0.615. The number of hydrogen-bond donors (Lipinski definition) is 1. The first kappa shape index (κ1) is 13.7. The van der Waals surface area contributed by atoms with Gasteiger partial charge in [-0.2, -0.15) is 0 Å². The second-order valence-corrected chi connectivity index (χ2v) is 7.05. The fourth-order valence-corrected chi connectivity index (χ4v) is 3.76. The van der Waals surface area contributed by atoms with E-state index in [9.17, 15) is 0 Å². The highest BCUT2D eigenvalue weighted by Gasteiger charge is 2.22. The van der Waals surface area contributed by atoms with Crippen molar-refractivity contribution in [3.8, 4) is 22.6 Å². The van der Waals surface area contributed by atoms with Crippen molar-refractivity contribution in [2.45, 2.75) is 18.9 Å². The van der Waals surface area contributed by atoms with Gasteiger partial charge in [0.2, 0.25) is 0 Å². The zero-order chi connectivity index (χ0) is 15.9. The van der Waals surface area contributed by atoms with Crippen LogP contribution in [0.5, 0.6) is 0 Å². The zero-order valence-electron chi connectivity index (χ0n) is 12.9. The maximum atomic E-state index is 5.69. The summed E-state index contributed by atoms with van der Waals surface area (Å²) in [5.74, 6) is 0.799. The van der Waals surface area contributed by atoms with Crippen molar-refractivity contribution >= 4 is 26.7 Å². The lowest BCUT2D eigenvalue weighted by atomic mass is 10.1. The Labute approximate surface area is 143 Å². The van der Waals surface area contributed by atoms with Crippen LogP contribution in [0.25, 0.3) is 32.8 Å². The number of fused-ring (bicyclic) bond motifs is 1. The molecular weight excluding hydrogens is 318 g/mol. The Morgan fingerprint density at radius 3 is 2.75 bits per heavy atom. The fraction of sp³-hybridized carbons (Fsp3) is 0.158. The summed E-state index contributed by atoms with van der Waals surface area (Å²) in [5.41, 5.74) is 3.98. The van der Waals surface area contributed by atoms with Gasteiger partial charge in [0.25, 0.3) is 0 Å². The standard InChI is InChI=1S/C19H15N3OS/c1-2-4-12(5-3-1)17-18(23-11-20-17)13-6-9-15-16(10-13)24-19(22-15)21-14-7-8-14/h1-6,9-11,14H,7-8H2,(H,21,22). The Balaban J connectivity index is 1.56.